The van der Waals surface area contributed by atoms with E-state index in [2.05, 4.69) is 10.3 Å². The van der Waals surface area contributed by atoms with Gasteiger partial charge in [-0.2, -0.15) is 0 Å². The zero-order valence-electron chi connectivity index (χ0n) is 14.5. The fourth-order valence-corrected chi connectivity index (χ4v) is 3.13. The van der Waals surface area contributed by atoms with Crippen LogP contribution in [0.15, 0.2) is 54.7 Å². The number of fused-ring (bicyclic) bond motifs is 1. The zero-order valence-corrected chi connectivity index (χ0v) is 14.5. The highest BCUT2D eigenvalue weighted by molar-refractivity contribution is 5.99. The highest BCUT2D eigenvalue weighted by atomic mass is 16.3. The van der Waals surface area contributed by atoms with E-state index in [1.54, 1.807) is 6.92 Å². The normalized spacial score (nSPS) is 13.6. The summed E-state index contributed by atoms with van der Waals surface area (Å²) in [6, 6.07) is 15.6. The molecule has 3 aromatic rings. The lowest BCUT2D eigenvalue weighted by Gasteiger charge is -2.19. The first kappa shape index (κ1) is 17.2. The van der Waals surface area contributed by atoms with Crippen molar-refractivity contribution in [2.45, 2.75) is 32.3 Å². The molecule has 3 rings (SSSR count). The Bertz CT molecular complexity index is 856. The monoisotopic (exact) mass is 337 g/mol. The molecule has 0 aliphatic rings. The Morgan fingerprint density at radius 2 is 1.92 bits per heavy atom. The number of benzene rings is 1. The smallest absolute Gasteiger partial charge is 0.272 e. The first-order chi connectivity index (χ1) is 12.1. The van der Waals surface area contributed by atoms with E-state index < -0.39 is 6.10 Å². The van der Waals surface area contributed by atoms with Crippen LogP contribution in [0, 0.1) is 6.92 Å². The molecule has 25 heavy (non-hydrogen) atoms. The van der Waals surface area contributed by atoms with Crippen molar-refractivity contribution in [2.24, 2.45) is 0 Å². The van der Waals surface area contributed by atoms with Crippen molar-refractivity contribution < 1.29 is 9.90 Å². The van der Waals surface area contributed by atoms with Crippen LogP contribution in [0.4, 0.5) is 0 Å². The lowest BCUT2D eigenvalue weighted by Crippen LogP contribution is -2.30. The summed E-state index contributed by atoms with van der Waals surface area (Å²) in [5, 5.41) is 12.8. The summed E-state index contributed by atoms with van der Waals surface area (Å²) in [5.74, 6) is 0.646. The summed E-state index contributed by atoms with van der Waals surface area (Å²) in [7, 11) is 0. The molecular formula is C20H23N3O2. The second-order valence-electron chi connectivity index (χ2n) is 6.37. The maximum atomic E-state index is 12.6. The lowest BCUT2D eigenvalue weighted by atomic mass is 9.93. The van der Waals surface area contributed by atoms with E-state index in [1.807, 2.05) is 66.1 Å². The van der Waals surface area contributed by atoms with E-state index in [4.69, 9.17) is 0 Å². The van der Waals surface area contributed by atoms with Gasteiger partial charge in [-0.1, -0.05) is 36.4 Å². The Balaban J connectivity index is 1.77. The van der Waals surface area contributed by atoms with Crippen LogP contribution in [0.25, 0.3) is 5.52 Å². The van der Waals surface area contributed by atoms with Crippen LogP contribution < -0.4 is 5.32 Å². The Kier molecular flexibility index (Phi) is 5.14. The number of hydrogen-bond acceptors (Lipinski definition) is 3. The Morgan fingerprint density at radius 1 is 1.20 bits per heavy atom. The number of aromatic nitrogens is 2. The molecule has 1 amide bonds. The number of nitrogens with one attached hydrogen (secondary N) is 1. The summed E-state index contributed by atoms with van der Waals surface area (Å²) in [4.78, 5) is 17.0. The molecule has 5 heteroatoms. The quantitative estimate of drug-likeness (QED) is 0.727. The number of nitrogens with zero attached hydrogens (tertiary/aromatic N) is 2. The number of pyridine rings is 1. The van der Waals surface area contributed by atoms with Crippen molar-refractivity contribution >= 4 is 11.4 Å². The summed E-state index contributed by atoms with van der Waals surface area (Å²) in [6.07, 6.45) is 2.06. The molecule has 2 atom stereocenters. The molecule has 0 bridgehead atoms. The van der Waals surface area contributed by atoms with Crippen molar-refractivity contribution in [3.8, 4) is 0 Å². The number of rotatable bonds is 6. The lowest BCUT2D eigenvalue weighted by molar-refractivity contribution is 0.0942. The number of carbonyl (C=O) groups excluding carboxylic acids is 1. The van der Waals surface area contributed by atoms with Gasteiger partial charge in [-0.15, -0.1) is 0 Å². The van der Waals surface area contributed by atoms with Crippen LogP contribution >= 0.6 is 0 Å². The van der Waals surface area contributed by atoms with Gasteiger partial charge in [-0.25, -0.2) is 4.98 Å². The van der Waals surface area contributed by atoms with Crippen molar-refractivity contribution in [3.63, 3.8) is 0 Å². The van der Waals surface area contributed by atoms with Gasteiger partial charge < -0.3 is 14.8 Å². The van der Waals surface area contributed by atoms with Crippen LogP contribution in [-0.4, -0.2) is 33.0 Å². The number of aliphatic hydroxyl groups is 1. The van der Waals surface area contributed by atoms with Gasteiger partial charge in [0, 0.05) is 18.7 Å². The SMILES string of the molecule is Cc1nc(C(=O)NC[C@@H](C[C@H](C)O)c2ccccc2)c2ccccn12. The molecular weight excluding hydrogens is 314 g/mol. The minimum atomic E-state index is -0.433. The largest absolute Gasteiger partial charge is 0.393 e. The minimum Gasteiger partial charge on any atom is -0.393 e. The van der Waals surface area contributed by atoms with Gasteiger partial charge >= 0.3 is 0 Å². The average Bonchev–Trinajstić information content (AvgIpc) is 2.96. The Labute approximate surface area is 147 Å². The standard InChI is InChI=1S/C20H23N3O2/c1-14(24)12-17(16-8-4-3-5-9-16)13-21-20(25)19-18-10-6-7-11-23(18)15(2)22-19/h3-11,14,17,24H,12-13H2,1-2H3,(H,21,25)/t14-,17+/m0/s1. The number of hydrogen-bond donors (Lipinski definition) is 2. The second-order valence-corrected chi connectivity index (χ2v) is 6.37. The molecule has 0 radical (unpaired) electrons. The van der Waals surface area contributed by atoms with Crippen LogP contribution in [0.2, 0.25) is 0 Å². The van der Waals surface area contributed by atoms with E-state index in [0.29, 0.717) is 18.7 Å². The third-order valence-corrected chi connectivity index (χ3v) is 4.35. The molecule has 0 fully saturated rings. The predicted octanol–water partition coefficient (Wildman–Crippen LogP) is 2.93. The van der Waals surface area contributed by atoms with Crippen LogP contribution in [0.5, 0.6) is 0 Å². The fraction of sp³-hybridized carbons (Fsp3) is 0.300. The van der Waals surface area contributed by atoms with Crippen molar-refractivity contribution in [3.05, 3.63) is 71.8 Å². The fourth-order valence-electron chi connectivity index (χ4n) is 3.13. The Hall–Kier alpha value is -2.66. The number of carbonyl (C=O) groups is 1. The molecule has 1 aromatic carbocycles. The van der Waals surface area contributed by atoms with Crippen LogP contribution in [0.3, 0.4) is 0 Å². The number of aliphatic hydroxyl groups excluding tert-OH is 1. The van der Waals surface area contributed by atoms with Crippen LogP contribution in [0.1, 0.15) is 41.1 Å². The van der Waals surface area contributed by atoms with Gasteiger partial charge in [-0.3, -0.25) is 4.79 Å². The molecule has 2 N–H and O–H groups in total. The van der Waals surface area contributed by atoms with Crippen molar-refractivity contribution in [2.75, 3.05) is 6.54 Å². The zero-order chi connectivity index (χ0) is 17.8. The third kappa shape index (κ3) is 3.88. The average molecular weight is 337 g/mol. The second kappa shape index (κ2) is 7.49. The third-order valence-electron chi connectivity index (χ3n) is 4.35. The van der Waals surface area contributed by atoms with Crippen molar-refractivity contribution in [1.29, 1.82) is 0 Å². The van der Waals surface area contributed by atoms with E-state index in [-0.39, 0.29) is 11.8 Å². The van der Waals surface area contributed by atoms with E-state index >= 15 is 0 Å². The molecule has 2 heterocycles. The topological polar surface area (TPSA) is 66.6 Å². The van der Waals surface area contributed by atoms with E-state index in [0.717, 1.165) is 16.9 Å². The first-order valence-electron chi connectivity index (χ1n) is 8.51. The minimum absolute atomic E-state index is 0.0557. The van der Waals surface area contributed by atoms with Gasteiger partial charge in [0.2, 0.25) is 0 Å². The first-order valence-corrected chi connectivity index (χ1v) is 8.51. The van der Waals surface area contributed by atoms with Gasteiger partial charge in [0.1, 0.15) is 5.82 Å². The summed E-state index contributed by atoms with van der Waals surface area (Å²) >= 11 is 0. The van der Waals surface area contributed by atoms with Gasteiger partial charge in [-0.05, 0) is 38.0 Å². The van der Waals surface area contributed by atoms with Gasteiger partial charge in [0.15, 0.2) is 5.69 Å². The maximum Gasteiger partial charge on any atom is 0.272 e. The molecule has 5 nitrogen and oxygen atoms in total. The number of imidazole rings is 1. The van der Waals surface area contributed by atoms with Crippen LogP contribution in [-0.2, 0) is 0 Å². The predicted molar refractivity (Wildman–Crippen MR) is 97.7 cm³/mol. The summed E-state index contributed by atoms with van der Waals surface area (Å²) in [6.45, 7) is 4.10. The molecule has 0 aliphatic carbocycles. The molecule has 0 unspecified atom stereocenters. The Morgan fingerprint density at radius 3 is 2.64 bits per heavy atom. The molecule has 0 aliphatic heterocycles. The number of amides is 1. The summed E-state index contributed by atoms with van der Waals surface area (Å²) in [5.41, 5.74) is 2.33. The summed E-state index contributed by atoms with van der Waals surface area (Å²) < 4.78 is 1.90. The van der Waals surface area contributed by atoms with E-state index in [9.17, 15) is 9.90 Å². The number of aryl methyl sites for hydroxylation is 1. The molecule has 130 valence electrons. The molecule has 0 saturated heterocycles. The maximum absolute atomic E-state index is 12.6. The highest BCUT2D eigenvalue weighted by Gasteiger charge is 2.19. The van der Waals surface area contributed by atoms with E-state index in [1.165, 1.54) is 0 Å². The molecule has 0 saturated carbocycles. The highest BCUT2D eigenvalue weighted by Crippen LogP contribution is 2.21. The van der Waals surface area contributed by atoms with Gasteiger partial charge in [0.25, 0.3) is 5.91 Å². The van der Waals surface area contributed by atoms with Crippen molar-refractivity contribution in [1.82, 2.24) is 14.7 Å². The molecule has 0 spiro atoms. The van der Waals surface area contributed by atoms with Gasteiger partial charge in [0.05, 0.1) is 11.6 Å². The molecule has 2 aromatic heterocycles.